The molecule has 2 atom stereocenters. The summed E-state index contributed by atoms with van der Waals surface area (Å²) in [5.74, 6) is -0.978. The zero-order chi connectivity index (χ0) is 38.7. The lowest BCUT2D eigenvalue weighted by atomic mass is 9.86. The average molecular weight is 732 g/mol. The van der Waals surface area contributed by atoms with Crippen molar-refractivity contribution in [3.8, 4) is 28.3 Å². The van der Waals surface area contributed by atoms with Gasteiger partial charge in [-0.05, 0) is 59.7 Å². The van der Waals surface area contributed by atoms with E-state index in [1.165, 1.54) is 45.3 Å². The molecular weight excluding hydrogens is 683 g/mol. The van der Waals surface area contributed by atoms with Gasteiger partial charge in [0.15, 0.2) is 5.82 Å². The molecule has 0 aliphatic heterocycles. The van der Waals surface area contributed by atoms with Crippen molar-refractivity contribution < 1.29 is 24.2 Å². The minimum Gasteiger partial charge on any atom is -0.494 e. The van der Waals surface area contributed by atoms with E-state index in [-0.39, 0.29) is 17.7 Å². The summed E-state index contributed by atoms with van der Waals surface area (Å²) in [6, 6.07) is 21.7. The van der Waals surface area contributed by atoms with Crippen LogP contribution in [0.15, 0.2) is 97.8 Å². The number of carbonyl (C=O) groups excluding carboxylic acids is 2. The first-order valence-corrected chi connectivity index (χ1v) is 18.3. The molecule has 12 heteroatoms. The molecule has 3 aromatic carbocycles. The first-order chi connectivity index (χ1) is 25.9. The third-order valence-electron chi connectivity index (χ3n) is 9.31. The maximum atomic E-state index is 13.5. The van der Waals surface area contributed by atoms with Gasteiger partial charge < -0.3 is 20.5 Å². The molecule has 3 N–H and O–H groups in total. The Morgan fingerprint density at radius 3 is 2.06 bits per heavy atom. The second kappa shape index (κ2) is 17.7. The van der Waals surface area contributed by atoms with E-state index in [4.69, 9.17) is 4.74 Å². The smallest absolute Gasteiger partial charge is 0.352 e. The molecule has 0 radical (unpaired) electrons. The predicted molar refractivity (Wildman–Crippen MR) is 207 cm³/mol. The highest BCUT2D eigenvalue weighted by atomic mass is 16.5. The minimum atomic E-state index is -1.90. The van der Waals surface area contributed by atoms with Gasteiger partial charge >= 0.3 is 5.97 Å². The highest BCUT2D eigenvalue weighted by Crippen LogP contribution is 2.27. The van der Waals surface area contributed by atoms with Crippen molar-refractivity contribution >= 4 is 17.8 Å². The molecule has 0 aliphatic carbocycles. The molecule has 0 spiro atoms. The van der Waals surface area contributed by atoms with E-state index in [0.29, 0.717) is 23.6 Å². The molecule has 0 aliphatic rings. The van der Waals surface area contributed by atoms with Crippen molar-refractivity contribution in [2.45, 2.75) is 90.3 Å². The number of amides is 2. The van der Waals surface area contributed by atoms with Crippen LogP contribution in [0.1, 0.15) is 101 Å². The molecular formula is C42H49N7O5. The van der Waals surface area contributed by atoms with Crippen LogP contribution < -0.4 is 15.4 Å². The molecule has 5 rings (SSSR count). The second-order valence-electron chi connectivity index (χ2n) is 14.5. The van der Waals surface area contributed by atoms with Crippen molar-refractivity contribution in [1.29, 1.82) is 0 Å². The molecule has 2 heterocycles. The highest BCUT2D eigenvalue weighted by Gasteiger charge is 2.38. The molecule has 0 saturated carbocycles. The van der Waals surface area contributed by atoms with Gasteiger partial charge in [-0.25, -0.2) is 24.4 Å². The van der Waals surface area contributed by atoms with E-state index >= 15 is 0 Å². The monoisotopic (exact) mass is 731 g/mol. The molecule has 1 unspecified atom stereocenters. The van der Waals surface area contributed by atoms with E-state index in [1.807, 2.05) is 48.5 Å². The van der Waals surface area contributed by atoms with Crippen molar-refractivity contribution in [3.63, 3.8) is 0 Å². The summed E-state index contributed by atoms with van der Waals surface area (Å²) in [5, 5.41) is 19.4. The van der Waals surface area contributed by atoms with Gasteiger partial charge in [-0.1, -0.05) is 102 Å². The summed E-state index contributed by atoms with van der Waals surface area (Å²) in [4.78, 5) is 52.2. The summed E-state index contributed by atoms with van der Waals surface area (Å²) in [6.45, 7) is 10.5. The van der Waals surface area contributed by atoms with Crippen molar-refractivity contribution in [1.82, 2.24) is 35.4 Å². The Kier molecular flexibility index (Phi) is 12.9. The number of rotatable bonds is 17. The van der Waals surface area contributed by atoms with Crippen molar-refractivity contribution in [2.75, 3.05) is 6.61 Å². The Labute approximate surface area is 316 Å². The van der Waals surface area contributed by atoms with E-state index in [9.17, 15) is 19.5 Å². The largest absolute Gasteiger partial charge is 0.494 e. The fraction of sp³-hybridized carbons (Fsp3) is 0.357. The van der Waals surface area contributed by atoms with Gasteiger partial charge in [0, 0.05) is 29.1 Å². The topological polar surface area (TPSA) is 161 Å². The van der Waals surface area contributed by atoms with Gasteiger partial charge in [0.25, 0.3) is 5.91 Å². The van der Waals surface area contributed by atoms with Gasteiger partial charge in [0.1, 0.15) is 18.4 Å². The molecule has 0 fully saturated rings. The van der Waals surface area contributed by atoms with Gasteiger partial charge in [0.05, 0.1) is 19.1 Å². The molecule has 12 nitrogen and oxygen atoms in total. The highest BCUT2D eigenvalue weighted by molar-refractivity contribution is 5.95. The zero-order valence-electron chi connectivity index (χ0n) is 31.6. The normalized spacial score (nSPS) is 13.1. The zero-order valence-corrected chi connectivity index (χ0v) is 31.6. The van der Waals surface area contributed by atoms with E-state index in [0.717, 1.165) is 39.1 Å². The fourth-order valence-electron chi connectivity index (χ4n) is 5.90. The third kappa shape index (κ3) is 10.1. The average Bonchev–Trinajstić information content (AvgIpc) is 3.72. The van der Waals surface area contributed by atoms with Gasteiger partial charge in [-0.2, -0.15) is 5.10 Å². The molecule has 54 heavy (non-hydrogen) atoms. The fourth-order valence-corrected chi connectivity index (χ4v) is 5.90. The summed E-state index contributed by atoms with van der Waals surface area (Å²) >= 11 is 0. The Balaban J connectivity index is 1.30. The number of aromatic nitrogens is 5. The number of carbonyl (C=O) groups is 3. The summed E-state index contributed by atoms with van der Waals surface area (Å²) in [7, 11) is 0. The van der Waals surface area contributed by atoms with Gasteiger partial charge in [-0.15, -0.1) is 0 Å². The first kappa shape index (κ1) is 39.3. The lowest BCUT2D eigenvalue weighted by Gasteiger charge is -2.27. The number of nitrogens with one attached hydrogen (secondary N) is 2. The number of benzene rings is 3. The Morgan fingerprint density at radius 1 is 0.815 bits per heavy atom. The molecule has 0 bridgehead atoms. The number of carboxylic acid groups (broad SMARTS) is 1. The van der Waals surface area contributed by atoms with Crippen molar-refractivity contribution in [3.05, 3.63) is 115 Å². The van der Waals surface area contributed by atoms with Crippen LogP contribution in [0.4, 0.5) is 0 Å². The van der Waals surface area contributed by atoms with Gasteiger partial charge in [-0.3, -0.25) is 9.59 Å². The van der Waals surface area contributed by atoms with Crippen LogP contribution in [-0.2, 0) is 20.7 Å². The quantitative estimate of drug-likeness (QED) is 0.0824. The third-order valence-corrected chi connectivity index (χ3v) is 9.31. The predicted octanol–water partition coefficient (Wildman–Crippen LogP) is 7.48. The van der Waals surface area contributed by atoms with Crippen molar-refractivity contribution in [2.24, 2.45) is 0 Å². The van der Waals surface area contributed by atoms with E-state index < -0.39 is 23.6 Å². The second-order valence-corrected chi connectivity index (χ2v) is 14.5. The summed E-state index contributed by atoms with van der Waals surface area (Å²) in [5.41, 5.74) is 2.73. The summed E-state index contributed by atoms with van der Waals surface area (Å²) in [6.07, 6.45) is 11.6. The molecule has 5 aromatic rings. The van der Waals surface area contributed by atoms with Crippen LogP contribution in [0.5, 0.6) is 5.75 Å². The number of nitrogens with zero attached hydrogens (tertiary/aromatic N) is 5. The standard InChI is InChI=1S/C42H49N7O5/c1-6-7-8-9-10-23-54-35-21-17-29(18-22-35)33-25-44-38(45-26-33)31-13-11-30(12-14-31)36(47-39(51)32-15-19-34(20-16-32)41(2,3)4)24-37(50)48-42(5,40(52)53)49-28-43-27-46-49/h11-22,25-28,36H,6-10,23-24H2,1-5H3,(H,47,51)(H,48,50)(H,52,53)/t36-,42?/m0/s1. The first-order valence-electron chi connectivity index (χ1n) is 18.3. The number of ether oxygens (including phenoxy) is 1. The number of aliphatic carboxylic acids is 1. The maximum Gasteiger partial charge on any atom is 0.352 e. The maximum absolute atomic E-state index is 13.5. The summed E-state index contributed by atoms with van der Waals surface area (Å²) < 4.78 is 6.95. The van der Waals surface area contributed by atoms with Crippen LogP contribution in [0, 0.1) is 0 Å². The number of unbranched alkanes of at least 4 members (excludes halogenated alkanes) is 4. The van der Waals surface area contributed by atoms with E-state index in [2.05, 4.69) is 58.4 Å². The van der Waals surface area contributed by atoms with Crippen LogP contribution in [0.3, 0.4) is 0 Å². The number of carboxylic acids is 1. The molecule has 282 valence electrons. The molecule has 2 amide bonds. The lowest BCUT2D eigenvalue weighted by molar-refractivity contribution is -0.152. The number of hydrogen-bond acceptors (Lipinski definition) is 8. The Morgan fingerprint density at radius 2 is 1.46 bits per heavy atom. The molecule has 2 aromatic heterocycles. The van der Waals surface area contributed by atoms with Crippen LogP contribution in [0.2, 0.25) is 0 Å². The Bertz CT molecular complexity index is 1970. The lowest BCUT2D eigenvalue weighted by Crippen LogP contribution is -2.54. The molecule has 0 saturated heterocycles. The Hall–Kier alpha value is -5.91. The van der Waals surface area contributed by atoms with Crippen LogP contribution >= 0.6 is 0 Å². The SMILES string of the molecule is CCCCCCCOc1ccc(-c2cnc(-c3ccc([C@H](CC(=O)NC(C)(C(=O)O)n4cncn4)NC(=O)c4ccc(C(C)(C)C)cc4)cc3)nc2)cc1. The minimum absolute atomic E-state index is 0.0873. The van der Waals surface area contributed by atoms with Gasteiger partial charge in [0.2, 0.25) is 11.6 Å². The van der Waals surface area contributed by atoms with Crippen LogP contribution in [0.25, 0.3) is 22.5 Å². The van der Waals surface area contributed by atoms with Crippen LogP contribution in [-0.4, -0.2) is 54.2 Å². The van der Waals surface area contributed by atoms with E-state index in [1.54, 1.807) is 36.7 Å². The number of hydrogen-bond donors (Lipinski definition) is 3.